The topological polar surface area (TPSA) is 227 Å². The maximum absolute atomic E-state index is 11.2. The Morgan fingerprint density at radius 1 is 0.586 bits per heavy atom. The number of pyridine rings is 2. The molecule has 2 atom stereocenters. The second-order valence-corrected chi connectivity index (χ2v) is 16.9. The van der Waals surface area contributed by atoms with E-state index < -0.39 is 24.1 Å². The Morgan fingerprint density at radius 2 is 0.986 bits per heavy atom. The van der Waals surface area contributed by atoms with Crippen molar-refractivity contribution in [3.8, 4) is 34.1 Å². The summed E-state index contributed by atoms with van der Waals surface area (Å²) in [5.74, 6) is -1.04. The molecule has 70 heavy (non-hydrogen) atoms. The number of hydrogen-bond donors (Lipinski definition) is 6. The van der Waals surface area contributed by atoms with Crippen LogP contribution in [0.3, 0.4) is 0 Å². The van der Waals surface area contributed by atoms with E-state index in [0.717, 1.165) is 55.6 Å². The summed E-state index contributed by atoms with van der Waals surface area (Å²) in [4.78, 5) is 39.1. The molecule has 0 bridgehead atoms. The van der Waals surface area contributed by atoms with E-state index in [1.807, 2.05) is 62.4 Å². The van der Waals surface area contributed by atoms with Gasteiger partial charge in [-0.15, -0.1) is 0 Å². The first-order chi connectivity index (χ1) is 33.7. The van der Waals surface area contributed by atoms with Crippen LogP contribution in [-0.2, 0) is 49.1 Å². The first-order valence-corrected chi connectivity index (χ1v) is 22.8. The lowest BCUT2D eigenvalue weighted by molar-refractivity contribution is -0.147. The minimum absolute atomic E-state index is 0.158. The predicted octanol–water partition coefficient (Wildman–Crippen LogP) is 7.55. The number of aliphatic hydroxyl groups excluding tert-OH is 2. The zero-order chi connectivity index (χ0) is 50.2. The van der Waals surface area contributed by atoms with Gasteiger partial charge in [0.25, 0.3) is 0 Å². The normalized spacial score (nSPS) is 12.3. The number of carboxylic acids is 2. The fraction of sp³-hybridized carbons (Fsp3) is 0.269. The van der Waals surface area contributed by atoms with Crippen LogP contribution in [0.25, 0.3) is 11.1 Å². The smallest absolute Gasteiger partial charge is 0.333 e. The molecule has 0 aliphatic rings. The number of nitrogens with zero attached hydrogens (tertiary/aromatic N) is 4. The average molecular weight is 994 g/mol. The van der Waals surface area contributed by atoms with E-state index in [4.69, 9.17) is 52.4 Å². The second kappa shape index (κ2) is 25.6. The van der Waals surface area contributed by atoms with E-state index in [0.29, 0.717) is 44.2 Å². The van der Waals surface area contributed by atoms with Crippen molar-refractivity contribution in [3.05, 3.63) is 163 Å². The Balaban J connectivity index is 1.19. The van der Waals surface area contributed by atoms with Crippen molar-refractivity contribution in [2.24, 2.45) is 9.98 Å². The van der Waals surface area contributed by atoms with E-state index in [1.165, 1.54) is 0 Å². The summed E-state index contributed by atoms with van der Waals surface area (Å²) in [6, 6.07) is 22.6. The molecule has 2 heterocycles. The number of carbonyl (C=O) groups is 2. The van der Waals surface area contributed by atoms with Crippen LogP contribution in [0.5, 0.6) is 23.0 Å². The van der Waals surface area contributed by atoms with Gasteiger partial charge in [0, 0.05) is 123 Å². The van der Waals surface area contributed by atoms with E-state index in [1.54, 1.807) is 75.6 Å². The van der Waals surface area contributed by atoms with Gasteiger partial charge >= 0.3 is 11.9 Å². The summed E-state index contributed by atoms with van der Waals surface area (Å²) >= 11 is 13.6. The van der Waals surface area contributed by atoms with Crippen molar-refractivity contribution in [2.75, 3.05) is 27.2 Å². The Hall–Kier alpha value is -6.92. The van der Waals surface area contributed by atoms with Crippen LogP contribution in [0.2, 0.25) is 10.0 Å². The molecule has 366 valence electrons. The third-order valence-electron chi connectivity index (χ3n) is 11.0. The molecule has 0 saturated heterocycles. The van der Waals surface area contributed by atoms with E-state index in [2.05, 4.69) is 30.6 Å². The SMILES string of the molecule is CN=Cc1cncc(COc2cc(OCc3cccc(-c4cccc(COc5cc(OCc6cncc(C=NC)c6)c(CNC[C@H](O)C(=O)O)cc5Cl)c4C)c3C)c(Cl)cc2CNC[C@H](O)C(=O)O)c1. The molecule has 16 nitrogen and oxygen atoms in total. The van der Waals surface area contributed by atoms with Gasteiger partial charge in [-0.2, -0.15) is 0 Å². The number of aliphatic hydroxyl groups is 2. The summed E-state index contributed by atoms with van der Waals surface area (Å²) in [6.45, 7) is 4.67. The molecule has 0 spiro atoms. The Morgan fingerprint density at radius 3 is 1.37 bits per heavy atom. The van der Waals surface area contributed by atoms with Gasteiger partial charge in [0.2, 0.25) is 0 Å². The van der Waals surface area contributed by atoms with Gasteiger partial charge in [-0.1, -0.05) is 59.6 Å². The van der Waals surface area contributed by atoms with E-state index >= 15 is 0 Å². The first-order valence-electron chi connectivity index (χ1n) is 22.0. The second-order valence-electron chi connectivity index (χ2n) is 16.1. The molecular weight excluding hydrogens is 940 g/mol. The molecule has 0 aliphatic carbocycles. The van der Waals surface area contributed by atoms with Crippen molar-refractivity contribution in [1.29, 1.82) is 0 Å². The van der Waals surface area contributed by atoms with E-state index in [-0.39, 0.29) is 52.6 Å². The molecule has 0 fully saturated rings. The van der Waals surface area contributed by atoms with Gasteiger partial charge in [0.05, 0.1) is 10.0 Å². The number of nitrogens with one attached hydrogen (secondary N) is 2. The van der Waals surface area contributed by atoms with E-state index in [9.17, 15) is 19.8 Å². The fourth-order valence-electron chi connectivity index (χ4n) is 7.29. The Kier molecular flexibility index (Phi) is 19.2. The van der Waals surface area contributed by atoms with Crippen LogP contribution < -0.4 is 29.6 Å². The number of rotatable bonds is 25. The van der Waals surface area contributed by atoms with Gasteiger partial charge in [-0.3, -0.25) is 20.0 Å². The number of aromatic nitrogens is 2. The molecule has 0 amide bonds. The lowest BCUT2D eigenvalue weighted by atomic mass is 9.92. The summed E-state index contributed by atoms with van der Waals surface area (Å²) < 4.78 is 25.3. The van der Waals surface area contributed by atoms with Crippen molar-refractivity contribution in [1.82, 2.24) is 20.6 Å². The summed E-state index contributed by atoms with van der Waals surface area (Å²) in [6.07, 6.45) is 6.98. The number of carboxylic acid groups (broad SMARTS) is 2. The van der Waals surface area contributed by atoms with Crippen molar-refractivity contribution in [3.63, 3.8) is 0 Å². The van der Waals surface area contributed by atoms with Gasteiger partial charge in [0.1, 0.15) is 49.4 Å². The molecule has 0 radical (unpaired) electrons. The molecule has 4 aromatic carbocycles. The van der Waals surface area contributed by atoms with Crippen molar-refractivity contribution in [2.45, 2.75) is 65.6 Å². The highest BCUT2D eigenvalue weighted by atomic mass is 35.5. The van der Waals surface area contributed by atoms with Crippen LogP contribution in [0, 0.1) is 13.8 Å². The number of aliphatic carboxylic acids is 2. The largest absolute Gasteiger partial charge is 0.488 e. The molecule has 6 rings (SSSR count). The third-order valence-corrected chi connectivity index (χ3v) is 11.6. The maximum Gasteiger partial charge on any atom is 0.333 e. The van der Waals surface area contributed by atoms with Crippen LogP contribution in [-0.4, -0.2) is 94.2 Å². The van der Waals surface area contributed by atoms with Gasteiger partial charge in [-0.25, -0.2) is 9.59 Å². The molecule has 0 aliphatic heterocycles. The quantitative estimate of drug-likeness (QED) is 0.0305. The summed E-state index contributed by atoms with van der Waals surface area (Å²) in [5.41, 5.74) is 10.3. The summed E-state index contributed by atoms with van der Waals surface area (Å²) in [7, 11) is 3.35. The predicted molar refractivity (Wildman–Crippen MR) is 268 cm³/mol. The number of ether oxygens (including phenoxy) is 4. The fourth-order valence-corrected chi connectivity index (χ4v) is 7.77. The minimum atomic E-state index is -1.58. The molecule has 2 aromatic heterocycles. The zero-order valence-electron chi connectivity index (χ0n) is 39.0. The third kappa shape index (κ3) is 14.6. The molecule has 0 saturated carbocycles. The number of aliphatic imine (C=N–C) groups is 2. The highest BCUT2D eigenvalue weighted by Crippen LogP contribution is 2.37. The van der Waals surface area contributed by atoms with Crippen molar-refractivity contribution < 1.29 is 49.0 Å². The Labute approximate surface area is 415 Å². The molecule has 6 aromatic rings. The number of hydrogen-bond acceptors (Lipinski definition) is 14. The number of halogens is 2. The molecule has 6 N–H and O–H groups in total. The van der Waals surface area contributed by atoms with Crippen LogP contribution in [0.1, 0.15) is 55.6 Å². The first kappa shape index (κ1) is 52.5. The van der Waals surface area contributed by atoms with Crippen molar-refractivity contribution >= 4 is 47.6 Å². The lowest BCUT2D eigenvalue weighted by Crippen LogP contribution is -2.32. The van der Waals surface area contributed by atoms with Gasteiger partial charge in [0.15, 0.2) is 12.2 Å². The molecule has 0 unspecified atom stereocenters. The highest BCUT2D eigenvalue weighted by molar-refractivity contribution is 6.32. The maximum atomic E-state index is 11.2. The highest BCUT2D eigenvalue weighted by Gasteiger charge is 2.19. The summed E-state index contributed by atoms with van der Waals surface area (Å²) in [5, 5.41) is 44.4. The van der Waals surface area contributed by atoms with Gasteiger partial charge in [-0.05, 0) is 71.5 Å². The van der Waals surface area contributed by atoms with Crippen LogP contribution in [0.4, 0.5) is 0 Å². The van der Waals surface area contributed by atoms with Crippen LogP contribution >= 0.6 is 23.2 Å². The standard InChI is InChI=1S/C52H54Cl2N6O10/c1-31-37(29-69-49-15-47(67-27-35-11-33(17-55-3)19-57-21-35)39(13-43(49)53)23-59-25-45(61)51(63)64)7-5-9-41(31)42-10-6-8-38(32(42)2)30-70-50-16-48(68-28-36-12-34(18-56-4)20-58-22-36)40(14-44(50)54)24-60-26-46(62)52(65)66/h5-22,45-46,59-62H,23-30H2,1-4H3,(H,63,64)(H,65,66)/t45-,46-/m0/s1. The monoisotopic (exact) mass is 992 g/mol. The zero-order valence-corrected chi connectivity index (χ0v) is 40.5. The molecule has 18 heteroatoms. The Bertz CT molecular complexity index is 2650. The molecular formula is C52H54Cl2N6O10. The van der Waals surface area contributed by atoms with Gasteiger partial charge < -0.3 is 50.0 Å². The minimum Gasteiger partial charge on any atom is -0.488 e. The number of benzene rings is 4. The van der Waals surface area contributed by atoms with Crippen LogP contribution in [0.15, 0.2) is 108 Å². The lowest BCUT2D eigenvalue weighted by Gasteiger charge is -2.19. The average Bonchev–Trinajstić information content (AvgIpc) is 3.34.